The first kappa shape index (κ1) is 13.9. The normalized spacial score (nSPS) is 16.2. The summed E-state index contributed by atoms with van der Waals surface area (Å²) in [6, 6.07) is 6.41. The fourth-order valence-corrected chi connectivity index (χ4v) is 2.38. The Morgan fingerprint density at radius 1 is 1.37 bits per heavy atom. The van der Waals surface area contributed by atoms with Gasteiger partial charge in [-0.1, -0.05) is 6.07 Å². The fourth-order valence-electron chi connectivity index (χ4n) is 2.38. The molecule has 0 radical (unpaired) electrons. The lowest BCUT2D eigenvalue weighted by Gasteiger charge is -2.21. The highest BCUT2D eigenvalue weighted by Crippen LogP contribution is 2.19. The van der Waals surface area contributed by atoms with Crippen LogP contribution in [0.15, 0.2) is 24.3 Å². The van der Waals surface area contributed by atoms with Crippen LogP contribution in [0.25, 0.3) is 0 Å². The number of hydrogen-bond acceptors (Lipinski definition) is 3. The van der Waals surface area contributed by atoms with Crippen LogP contribution in [-0.4, -0.2) is 30.8 Å². The van der Waals surface area contributed by atoms with E-state index in [1.807, 2.05) is 0 Å². The van der Waals surface area contributed by atoms with Gasteiger partial charge in [0.05, 0.1) is 0 Å². The average molecular weight is 263 g/mol. The van der Waals surface area contributed by atoms with E-state index in [9.17, 15) is 9.90 Å². The fraction of sp³-hybridized carbons (Fsp3) is 0.533. The second-order valence-electron chi connectivity index (χ2n) is 5.00. The molecule has 1 aromatic carbocycles. The molecule has 1 fully saturated rings. The molecule has 1 aromatic rings. The Morgan fingerprint density at radius 3 is 2.89 bits per heavy atom. The number of hydrogen-bond donors (Lipinski definition) is 2. The molecule has 0 atom stereocenters. The van der Waals surface area contributed by atoms with Crippen molar-refractivity contribution in [3.63, 3.8) is 0 Å². The minimum atomic E-state index is -0.122. The Morgan fingerprint density at radius 2 is 2.16 bits per heavy atom. The maximum Gasteiger partial charge on any atom is 0.251 e. The van der Waals surface area contributed by atoms with Gasteiger partial charge < -0.3 is 15.2 Å². The van der Waals surface area contributed by atoms with Crippen molar-refractivity contribution in [2.24, 2.45) is 5.92 Å². The van der Waals surface area contributed by atoms with Crippen molar-refractivity contribution in [2.75, 3.05) is 19.8 Å². The number of benzene rings is 1. The molecule has 1 amide bonds. The zero-order valence-corrected chi connectivity index (χ0v) is 11.1. The van der Waals surface area contributed by atoms with Crippen LogP contribution in [0.5, 0.6) is 5.75 Å². The molecule has 0 aliphatic carbocycles. The molecule has 2 N–H and O–H groups in total. The topological polar surface area (TPSA) is 58.6 Å². The van der Waals surface area contributed by atoms with E-state index in [-0.39, 0.29) is 11.7 Å². The second kappa shape index (κ2) is 7.14. The van der Waals surface area contributed by atoms with E-state index in [0.717, 1.165) is 44.8 Å². The van der Waals surface area contributed by atoms with Gasteiger partial charge in [0, 0.05) is 25.3 Å². The number of aromatic hydroxyl groups is 1. The lowest BCUT2D eigenvalue weighted by molar-refractivity contribution is 0.0631. The van der Waals surface area contributed by atoms with E-state index >= 15 is 0 Å². The number of carbonyl (C=O) groups excluding carboxylic acids is 1. The van der Waals surface area contributed by atoms with E-state index in [2.05, 4.69) is 5.32 Å². The predicted octanol–water partition coefficient (Wildman–Crippen LogP) is 2.33. The number of phenols is 1. The number of rotatable bonds is 5. The number of nitrogens with one attached hydrogen (secondary N) is 1. The van der Waals surface area contributed by atoms with Crippen molar-refractivity contribution >= 4 is 5.91 Å². The van der Waals surface area contributed by atoms with Crippen molar-refractivity contribution in [3.8, 4) is 5.75 Å². The molecule has 1 saturated heterocycles. The first-order valence-corrected chi connectivity index (χ1v) is 6.90. The van der Waals surface area contributed by atoms with Crippen LogP contribution in [0.2, 0.25) is 0 Å². The van der Waals surface area contributed by atoms with Crippen molar-refractivity contribution < 1.29 is 14.6 Å². The van der Waals surface area contributed by atoms with Crippen molar-refractivity contribution in [2.45, 2.75) is 25.7 Å². The molecule has 4 heteroatoms. The summed E-state index contributed by atoms with van der Waals surface area (Å²) in [6.07, 6.45) is 4.42. The summed E-state index contributed by atoms with van der Waals surface area (Å²) in [5.74, 6) is 0.740. The van der Waals surface area contributed by atoms with Gasteiger partial charge in [-0.2, -0.15) is 0 Å². The van der Waals surface area contributed by atoms with E-state index < -0.39 is 0 Å². The monoisotopic (exact) mass is 263 g/mol. The van der Waals surface area contributed by atoms with Gasteiger partial charge in [-0.15, -0.1) is 0 Å². The van der Waals surface area contributed by atoms with Crippen LogP contribution in [0.1, 0.15) is 36.0 Å². The minimum absolute atomic E-state index is 0.120. The molecule has 19 heavy (non-hydrogen) atoms. The molecule has 0 spiro atoms. The first-order chi connectivity index (χ1) is 9.25. The van der Waals surface area contributed by atoms with Gasteiger partial charge in [0.15, 0.2) is 0 Å². The molecule has 0 unspecified atom stereocenters. The first-order valence-electron chi connectivity index (χ1n) is 6.90. The molecule has 0 saturated carbocycles. The molecule has 0 bridgehead atoms. The lowest BCUT2D eigenvalue weighted by atomic mass is 9.95. The minimum Gasteiger partial charge on any atom is -0.508 e. The van der Waals surface area contributed by atoms with Crippen LogP contribution >= 0.6 is 0 Å². The van der Waals surface area contributed by atoms with Crippen LogP contribution in [0.3, 0.4) is 0 Å². The Labute approximate surface area is 113 Å². The van der Waals surface area contributed by atoms with Gasteiger partial charge in [-0.25, -0.2) is 0 Å². The molecular weight excluding hydrogens is 242 g/mol. The molecule has 4 nitrogen and oxygen atoms in total. The molecule has 2 rings (SSSR count). The molecule has 104 valence electrons. The van der Waals surface area contributed by atoms with Crippen LogP contribution in [-0.2, 0) is 4.74 Å². The predicted molar refractivity (Wildman–Crippen MR) is 73.2 cm³/mol. The van der Waals surface area contributed by atoms with Crippen molar-refractivity contribution in [3.05, 3.63) is 29.8 Å². The second-order valence-corrected chi connectivity index (χ2v) is 5.00. The quantitative estimate of drug-likeness (QED) is 0.802. The largest absolute Gasteiger partial charge is 0.508 e. The SMILES string of the molecule is O=C(NCCCC1CCOCC1)c1cccc(O)c1. The van der Waals surface area contributed by atoms with E-state index in [1.54, 1.807) is 18.2 Å². The molecule has 1 heterocycles. The van der Waals surface area contributed by atoms with Crippen molar-refractivity contribution in [1.82, 2.24) is 5.32 Å². The number of phenolic OH excluding ortho intramolecular Hbond substituents is 1. The van der Waals surface area contributed by atoms with Gasteiger partial charge in [0.25, 0.3) is 5.91 Å². The van der Waals surface area contributed by atoms with E-state index in [4.69, 9.17) is 4.74 Å². The third-order valence-corrected chi connectivity index (χ3v) is 3.52. The third-order valence-electron chi connectivity index (χ3n) is 3.52. The molecule has 0 aromatic heterocycles. The van der Waals surface area contributed by atoms with Gasteiger partial charge in [-0.3, -0.25) is 4.79 Å². The lowest BCUT2D eigenvalue weighted by Crippen LogP contribution is -2.25. The van der Waals surface area contributed by atoms with Crippen molar-refractivity contribution in [1.29, 1.82) is 0 Å². The Bertz CT molecular complexity index is 414. The summed E-state index contributed by atoms with van der Waals surface area (Å²) >= 11 is 0. The van der Waals surface area contributed by atoms with Gasteiger partial charge in [0.2, 0.25) is 0 Å². The maximum absolute atomic E-state index is 11.8. The number of carbonyl (C=O) groups is 1. The van der Waals surface area contributed by atoms with E-state index in [0.29, 0.717) is 12.1 Å². The van der Waals surface area contributed by atoms with Crippen LogP contribution in [0.4, 0.5) is 0 Å². The van der Waals surface area contributed by atoms with Gasteiger partial charge in [0.1, 0.15) is 5.75 Å². The summed E-state index contributed by atoms with van der Waals surface area (Å²) in [6.45, 7) is 2.44. The Hall–Kier alpha value is -1.55. The summed E-state index contributed by atoms with van der Waals surface area (Å²) < 4.78 is 5.32. The summed E-state index contributed by atoms with van der Waals surface area (Å²) in [5.41, 5.74) is 0.506. The van der Waals surface area contributed by atoms with Crippen LogP contribution in [0, 0.1) is 5.92 Å². The Balaban J connectivity index is 1.66. The summed E-state index contributed by atoms with van der Waals surface area (Å²) in [4.78, 5) is 11.8. The average Bonchev–Trinajstić information content (AvgIpc) is 2.44. The van der Waals surface area contributed by atoms with Gasteiger partial charge >= 0.3 is 0 Å². The zero-order chi connectivity index (χ0) is 13.5. The molecular formula is C15H21NO3. The highest BCUT2D eigenvalue weighted by Gasteiger charge is 2.13. The Kier molecular flexibility index (Phi) is 5.21. The third kappa shape index (κ3) is 4.56. The molecule has 1 aliphatic heterocycles. The number of ether oxygens (including phenoxy) is 1. The zero-order valence-electron chi connectivity index (χ0n) is 11.1. The van der Waals surface area contributed by atoms with Gasteiger partial charge in [-0.05, 0) is 49.8 Å². The maximum atomic E-state index is 11.8. The van der Waals surface area contributed by atoms with E-state index in [1.165, 1.54) is 6.07 Å². The summed E-state index contributed by atoms with van der Waals surface area (Å²) in [5, 5.41) is 12.2. The molecule has 1 aliphatic rings. The standard InChI is InChI=1S/C15H21NO3/c17-14-5-1-4-13(11-14)15(18)16-8-2-3-12-6-9-19-10-7-12/h1,4-5,11-12,17H,2-3,6-10H2,(H,16,18). The summed E-state index contributed by atoms with van der Waals surface area (Å²) in [7, 11) is 0. The highest BCUT2D eigenvalue weighted by molar-refractivity contribution is 5.94. The smallest absolute Gasteiger partial charge is 0.251 e. The number of amides is 1. The van der Waals surface area contributed by atoms with Crippen LogP contribution < -0.4 is 5.32 Å². The highest BCUT2D eigenvalue weighted by atomic mass is 16.5.